The quantitative estimate of drug-likeness (QED) is 0.0118. The highest BCUT2D eigenvalue weighted by Crippen LogP contribution is 2.46. The van der Waals surface area contributed by atoms with Crippen LogP contribution >= 0.6 is 69.6 Å². The van der Waals surface area contributed by atoms with E-state index in [1.165, 1.54) is 11.1 Å². The number of ether oxygens (including phenoxy) is 11. The first-order chi connectivity index (χ1) is 70.4. The number of benzene rings is 8. The fourth-order valence-electron chi connectivity index (χ4n) is 19.4. The van der Waals surface area contributed by atoms with Gasteiger partial charge in [0.05, 0.1) is 66.1 Å². The zero-order valence-electron chi connectivity index (χ0n) is 84.1. The molecule has 145 heavy (non-hydrogen) atoms. The molecule has 1 fully saturated rings. The minimum atomic E-state index is -0.696. The number of nitrogens with one attached hydrogen (secondary N) is 4. The largest absolute Gasteiger partial charge is 0.494 e. The molecule has 4 amide bonds. The van der Waals surface area contributed by atoms with Gasteiger partial charge in [-0.25, -0.2) is 19.2 Å². The Bertz CT molecular complexity index is 6160. The molecule has 8 aromatic carbocycles. The van der Waals surface area contributed by atoms with Gasteiger partial charge in [-0.15, -0.1) is 11.6 Å². The van der Waals surface area contributed by atoms with E-state index >= 15 is 0 Å². The second-order valence-electron chi connectivity index (χ2n) is 36.8. The molecule has 35 heteroatoms. The normalized spacial score (nSPS) is 16.7. The van der Waals surface area contributed by atoms with Crippen molar-refractivity contribution in [1.82, 2.24) is 59.1 Å². The van der Waals surface area contributed by atoms with Crippen molar-refractivity contribution in [2.75, 3.05) is 205 Å². The molecule has 0 spiro atoms. The summed E-state index contributed by atoms with van der Waals surface area (Å²) in [5.74, 6) is 3.61. The zero-order valence-corrected chi connectivity index (χ0v) is 88.6. The maximum Gasteiger partial charge on any atom is 0.412 e. The number of fused-ring (bicyclic) bond motifs is 12. The lowest BCUT2D eigenvalue weighted by Gasteiger charge is -2.36. The number of alkyl halides is 2. The summed E-state index contributed by atoms with van der Waals surface area (Å²) in [6.07, 6.45) is 3.48. The van der Waals surface area contributed by atoms with Gasteiger partial charge in [-0.3, -0.25) is 29.4 Å². The Morgan fingerprint density at radius 2 is 0.724 bits per heavy atom. The van der Waals surface area contributed by atoms with E-state index in [9.17, 15) is 24.3 Å². The van der Waals surface area contributed by atoms with E-state index < -0.39 is 17.8 Å². The second-order valence-corrected chi connectivity index (χ2v) is 39.4. The van der Waals surface area contributed by atoms with Crippen molar-refractivity contribution in [3.8, 4) is 23.0 Å². The summed E-state index contributed by atoms with van der Waals surface area (Å²) in [4.78, 5) is 82.2. The molecule has 5 aliphatic rings. The number of carbonyl (C=O) groups is 4. The highest BCUT2D eigenvalue weighted by Gasteiger charge is 2.41. The van der Waals surface area contributed by atoms with Gasteiger partial charge < -0.3 is 92.1 Å². The maximum absolute atomic E-state index is 13.2. The van der Waals surface area contributed by atoms with Gasteiger partial charge in [0.15, 0.2) is 5.56 Å². The Balaban J connectivity index is 0.000000153. The minimum Gasteiger partial charge on any atom is -0.494 e. The monoisotopic (exact) mass is 2110 g/mol. The first-order valence-electron chi connectivity index (χ1n) is 50.1. The number of piperazine rings is 1. The summed E-state index contributed by atoms with van der Waals surface area (Å²) in [6, 6.07) is 53.6. The molecule has 4 aromatic heterocycles. The number of likely N-dealkylation sites (N-methyl/N-ethyl adjacent to an activating group) is 1. The number of methoxy groups -OCH3 is 3. The van der Waals surface area contributed by atoms with Crippen molar-refractivity contribution < 1.29 is 81.5 Å². The average molecular weight is 2110 g/mol. The summed E-state index contributed by atoms with van der Waals surface area (Å²) in [5.41, 5.74) is 15.9. The summed E-state index contributed by atoms with van der Waals surface area (Å²) >= 11 is 37.1. The average Bonchev–Trinajstić information content (AvgIpc) is 1.62. The van der Waals surface area contributed by atoms with Gasteiger partial charge in [0.25, 0.3) is 0 Å². The molecule has 29 nitrogen and oxygen atoms in total. The summed E-state index contributed by atoms with van der Waals surface area (Å²) < 4.78 is 60.9. The lowest BCUT2D eigenvalue weighted by Crippen LogP contribution is -2.47. The number of aromatic amines is 4. The Morgan fingerprint density at radius 1 is 0.407 bits per heavy atom. The Kier molecular flexibility index (Phi) is 41.4. The van der Waals surface area contributed by atoms with Crippen LogP contribution in [0.2, 0.25) is 20.1 Å². The van der Waals surface area contributed by atoms with Gasteiger partial charge in [0, 0.05) is 218 Å². The van der Waals surface area contributed by atoms with Crippen LogP contribution in [0, 0.1) is 5.92 Å². The number of hydrogen-bond donors (Lipinski definition) is 6. The molecule has 6 N–H and O–H groups in total. The number of amides is 4. The fourth-order valence-corrected chi connectivity index (χ4v) is 20.3. The highest BCUT2D eigenvalue weighted by molar-refractivity contribution is 6.32. The Hall–Kier alpha value is -10.4. The van der Waals surface area contributed by atoms with Crippen LogP contribution < -0.4 is 18.9 Å². The lowest BCUT2D eigenvalue weighted by molar-refractivity contribution is 0.0459. The zero-order chi connectivity index (χ0) is 103. The van der Waals surface area contributed by atoms with Crippen LogP contribution in [0.5, 0.6) is 23.0 Å². The van der Waals surface area contributed by atoms with Crippen LogP contribution in [0.1, 0.15) is 145 Å². The smallest absolute Gasteiger partial charge is 0.412 e. The van der Waals surface area contributed by atoms with Crippen LogP contribution in [0.15, 0.2) is 170 Å². The van der Waals surface area contributed by atoms with Crippen LogP contribution in [0.25, 0.3) is 43.6 Å². The first kappa shape index (κ1) is 110. The fraction of sp³-hybridized carbons (Fsp3) is 0.455. The van der Waals surface area contributed by atoms with Crippen molar-refractivity contribution in [1.29, 1.82) is 0 Å². The standard InChI is InChI=1S/C29H37ClN4O4.C29H38ClN3O6.C27H34ClN3O4.C25H27Cl3N2O3/c1-2-37-29(36)34-12-10-24-25-20-22(30)6-9-26(25)31-27(24)28(34)21-4-7-23(8-5-21)38-19-3-11-32-13-15-33(16-14-32)17-18-35;1-4-38-29(35)33-12-11-24-25-17-21(30)7-10-26(25)31-27(24)28(33)20-5-8-23(9-6-20)39-19-22(34)18-32(13-15-36-2)14-16-37-3;1-4-34-27(32)31-14-12-22-23-18-20(28)8-11-24(23)29-25(22)26(31)19-6-9-21(10-7-19)35-16-5-13-30(2)15-17-33-3;1-15(2)24(28)33-25(31)30-12-10-19-20-14-17(27)6-9-21(20)29-22(19)23(30)16-4-7-18(8-5-16)32-13-3-11-26/h4-9,20,28,31,35H,2-3,10-19H2,1H3;5-10,17,22,28,31,34H,4,11-16,18-19H2,1-3H3;6-11,18,26,29H,4-5,12-17H2,1-3H3;4-9,14-15,23-24,29H,3,10-13H2,1-2H3. The van der Waals surface area contributed by atoms with Gasteiger partial charge in [-0.2, -0.15) is 0 Å². The number of aromatic nitrogens is 4. The predicted octanol–water partition coefficient (Wildman–Crippen LogP) is 21.0. The van der Waals surface area contributed by atoms with Gasteiger partial charge in [-0.05, 0) is 239 Å². The van der Waals surface area contributed by atoms with Crippen LogP contribution in [-0.2, 0) is 58.8 Å². The van der Waals surface area contributed by atoms with Crippen molar-refractivity contribution in [3.05, 3.63) is 257 Å². The van der Waals surface area contributed by atoms with Gasteiger partial charge in [0.1, 0.15) is 59.9 Å². The molecule has 0 bridgehead atoms. The SMILES string of the molecule is CC(C)C(Cl)OC(=O)N1CCc2c([nH]c3ccc(Cl)cc23)C1c1ccc(OCCCCl)cc1.CCOC(=O)N1CCc2c([nH]c3ccc(Cl)cc23)C1c1ccc(OCC(O)CN(CCOC)CCOC)cc1.CCOC(=O)N1CCc2c([nH]c3ccc(Cl)cc23)C1c1ccc(OCCCN(C)CCOC)cc1.CCOC(=O)N1CCc2c([nH]c3ccc(Cl)cc23)C1c1ccc(OCCCN2CCN(CCO)CC2)cc1. The summed E-state index contributed by atoms with van der Waals surface area (Å²) in [5, 5.41) is 26.8. The third-order valence-electron chi connectivity index (χ3n) is 26.7. The van der Waals surface area contributed by atoms with E-state index in [0.717, 1.165) is 208 Å². The first-order valence-corrected chi connectivity index (χ1v) is 52.6. The number of rotatable bonds is 39. The molecule has 17 rings (SSSR count). The third-order valence-corrected chi connectivity index (χ3v) is 28.5. The van der Waals surface area contributed by atoms with Crippen LogP contribution in [0.4, 0.5) is 19.2 Å². The molecular weight excluding hydrogens is 1970 g/mol. The van der Waals surface area contributed by atoms with Crippen molar-refractivity contribution in [2.24, 2.45) is 5.92 Å². The van der Waals surface area contributed by atoms with Gasteiger partial charge in [0.2, 0.25) is 0 Å². The molecule has 6 atom stereocenters. The number of hydrogen-bond acceptors (Lipinski definition) is 21. The molecular formula is C110H136Cl6N12O17. The topological polar surface area (TPSA) is 299 Å². The highest BCUT2D eigenvalue weighted by atomic mass is 35.5. The second kappa shape index (κ2) is 54.5. The predicted molar refractivity (Wildman–Crippen MR) is 572 cm³/mol. The van der Waals surface area contributed by atoms with E-state index in [-0.39, 0.29) is 61.6 Å². The van der Waals surface area contributed by atoms with Crippen LogP contribution in [-0.4, -0.2) is 310 Å². The molecule has 5 aliphatic heterocycles. The number of carbonyl (C=O) groups excluding carboxylic acids is 4. The molecule has 0 aliphatic carbocycles. The van der Waals surface area contributed by atoms with Crippen molar-refractivity contribution in [2.45, 2.75) is 115 Å². The summed E-state index contributed by atoms with van der Waals surface area (Å²) in [7, 11) is 7.12. The summed E-state index contributed by atoms with van der Waals surface area (Å²) in [6.45, 7) is 26.2. The van der Waals surface area contributed by atoms with E-state index in [4.69, 9.17) is 127 Å². The third kappa shape index (κ3) is 28.8. The lowest BCUT2D eigenvalue weighted by atomic mass is 9.92. The van der Waals surface area contributed by atoms with Gasteiger partial charge >= 0.3 is 24.4 Å². The van der Waals surface area contributed by atoms with Crippen LogP contribution in [0.3, 0.4) is 0 Å². The minimum absolute atomic E-state index is 0.00838. The van der Waals surface area contributed by atoms with E-state index in [1.54, 1.807) is 40.9 Å². The molecule has 12 aromatic rings. The Labute approximate surface area is 878 Å². The number of aliphatic hydroxyl groups excluding tert-OH is 2. The van der Waals surface area contributed by atoms with Gasteiger partial charge in [-0.1, -0.05) is 120 Å². The Morgan fingerprint density at radius 3 is 1.05 bits per heavy atom. The van der Waals surface area contributed by atoms with Crippen molar-refractivity contribution >= 4 is 138 Å². The molecule has 6 unspecified atom stereocenters. The molecule has 0 radical (unpaired) electrons. The van der Waals surface area contributed by atoms with E-state index in [2.05, 4.69) is 46.6 Å². The van der Waals surface area contributed by atoms with Crippen molar-refractivity contribution in [3.63, 3.8) is 0 Å². The molecule has 780 valence electrons. The van der Waals surface area contributed by atoms with E-state index in [1.807, 2.05) is 204 Å². The molecule has 9 heterocycles. The maximum atomic E-state index is 13.2. The number of nitrogens with zero attached hydrogens (tertiary/aromatic N) is 8. The molecule has 1 saturated heterocycles. The number of aliphatic hydroxyl groups is 2. The molecule has 0 saturated carbocycles. The number of halogens is 6. The number of β-amino-alcohol motifs (C(OH)–C–C–N with tert-alkyl or cyclic N) is 1. The number of H-pyrrole nitrogens is 4. The van der Waals surface area contributed by atoms with E-state index in [0.29, 0.717) is 143 Å².